The number of nitrogens with zero attached hydrogens (tertiary/aromatic N) is 1. The normalized spacial score (nSPS) is 10.5. The van der Waals surface area contributed by atoms with Crippen molar-refractivity contribution in [3.63, 3.8) is 0 Å². The highest BCUT2D eigenvalue weighted by Crippen LogP contribution is 2.06. The van der Waals surface area contributed by atoms with Crippen molar-refractivity contribution in [1.82, 2.24) is 10.3 Å². The molecule has 2 aromatic rings. The zero-order valence-corrected chi connectivity index (χ0v) is 11.3. The van der Waals surface area contributed by atoms with Gasteiger partial charge in [0.05, 0.1) is 6.20 Å². The molecule has 1 aromatic heterocycles. The maximum absolute atomic E-state index is 13.3. The molecule has 108 valence electrons. The van der Waals surface area contributed by atoms with Crippen LogP contribution in [-0.4, -0.2) is 17.6 Å². The summed E-state index contributed by atoms with van der Waals surface area (Å²) in [5.41, 5.74) is 1.34. The smallest absolute Gasteiger partial charge is 0.407 e. The summed E-state index contributed by atoms with van der Waals surface area (Å²) >= 11 is 0. The number of carbonyl (C=O) groups excluding carboxylic acids is 1. The van der Waals surface area contributed by atoms with Gasteiger partial charge in [-0.2, -0.15) is 0 Å². The number of alkyl carbamates (subject to hydrolysis) is 1. The van der Waals surface area contributed by atoms with Crippen molar-refractivity contribution in [3.8, 4) is 0 Å². The molecule has 1 N–H and O–H groups in total. The second kappa shape index (κ2) is 7.79. The molecular formula is C16H15FN2O2. The van der Waals surface area contributed by atoms with E-state index in [-0.39, 0.29) is 13.2 Å². The van der Waals surface area contributed by atoms with Gasteiger partial charge in [0, 0.05) is 18.3 Å². The van der Waals surface area contributed by atoms with Crippen LogP contribution < -0.4 is 5.32 Å². The van der Waals surface area contributed by atoms with Crippen molar-refractivity contribution >= 4 is 12.2 Å². The van der Waals surface area contributed by atoms with E-state index in [0.29, 0.717) is 5.56 Å². The van der Waals surface area contributed by atoms with Crippen LogP contribution >= 0.6 is 0 Å². The molecule has 0 fully saturated rings. The number of amides is 1. The van der Waals surface area contributed by atoms with Crippen LogP contribution in [0, 0.1) is 5.82 Å². The molecule has 0 saturated carbocycles. The van der Waals surface area contributed by atoms with E-state index in [9.17, 15) is 9.18 Å². The molecule has 0 spiro atoms. The van der Waals surface area contributed by atoms with Crippen LogP contribution in [-0.2, 0) is 11.3 Å². The van der Waals surface area contributed by atoms with E-state index in [2.05, 4.69) is 10.3 Å². The van der Waals surface area contributed by atoms with Crippen LogP contribution in [0.25, 0.3) is 6.08 Å². The van der Waals surface area contributed by atoms with Gasteiger partial charge in [-0.05, 0) is 11.6 Å². The second-order valence-corrected chi connectivity index (χ2v) is 4.24. The molecule has 0 radical (unpaired) electrons. The number of aromatic nitrogens is 1. The van der Waals surface area contributed by atoms with Gasteiger partial charge >= 0.3 is 6.09 Å². The third kappa shape index (κ3) is 5.06. The van der Waals surface area contributed by atoms with Crippen molar-refractivity contribution in [3.05, 3.63) is 71.8 Å². The van der Waals surface area contributed by atoms with E-state index in [1.54, 1.807) is 18.2 Å². The average Bonchev–Trinajstić information content (AvgIpc) is 2.52. The first-order valence-corrected chi connectivity index (χ1v) is 6.46. The minimum Gasteiger partial charge on any atom is -0.445 e. The Morgan fingerprint density at radius 2 is 2.10 bits per heavy atom. The third-order valence-electron chi connectivity index (χ3n) is 2.68. The quantitative estimate of drug-likeness (QED) is 0.918. The van der Waals surface area contributed by atoms with E-state index in [4.69, 9.17) is 4.74 Å². The first-order valence-electron chi connectivity index (χ1n) is 6.46. The first-order chi connectivity index (χ1) is 10.3. The largest absolute Gasteiger partial charge is 0.445 e. The lowest BCUT2D eigenvalue weighted by atomic mass is 10.2. The Morgan fingerprint density at radius 1 is 1.29 bits per heavy atom. The highest BCUT2D eigenvalue weighted by molar-refractivity contribution is 5.67. The second-order valence-electron chi connectivity index (χ2n) is 4.24. The number of carbonyl (C=O) groups is 1. The van der Waals surface area contributed by atoms with Crippen LogP contribution in [0.4, 0.5) is 9.18 Å². The van der Waals surface area contributed by atoms with E-state index in [0.717, 1.165) is 11.8 Å². The number of nitrogens with one attached hydrogen (secondary N) is 1. The van der Waals surface area contributed by atoms with Crippen molar-refractivity contribution in [2.45, 2.75) is 6.61 Å². The molecule has 2 rings (SSSR count). The maximum Gasteiger partial charge on any atom is 0.407 e. The van der Waals surface area contributed by atoms with E-state index >= 15 is 0 Å². The predicted octanol–water partition coefficient (Wildman–Crippen LogP) is 3.16. The van der Waals surface area contributed by atoms with Gasteiger partial charge in [-0.1, -0.05) is 42.5 Å². The summed E-state index contributed by atoms with van der Waals surface area (Å²) in [5.74, 6) is -0.402. The number of hydrogen-bond donors (Lipinski definition) is 1. The Kier molecular flexibility index (Phi) is 5.46. The highest BCUT2D eigenvalue weighted by atomic mass is 19.1. The van der Waals surface area contributed by atoms with Crippen LogP contribution in [0.1, 0.15) is 11.1 Å². The molecule has 1 aromatic carbocycles. The molecular weight excluding hydrogens is 271 g/mol. The predicted molar refractivity (Wildman–Crippen MR) is 77.9 cm³/mol. The Bertz CT molecular complexity index is 615. The summed E-state index contributed by atoms with van der Waals surface area (Å²) in [6.07, 6.45) is 5.35. The molecule has 0 aliphatic heterocycles. The SMILES string of the molecule is O=C(NCC=Cc1ccncc1F)OCc1ccccc1. The standard InChI is InChI=1S/C16H15FN2O2/c17-15-11-18-10-8-14(15)7-4-9-19-16(20)21-12-13-5-2-1-3-6-13/h1-8,10-11H,9,12H2,(H,19,20). The number of halogens is 1. The van der Waals surface area contributed by atoms with Gasteiger partial charge in [0.15, 0.2) is 0 Å². The summed E-state index contributed by atoms with van der Waals surface area (Å²) in [7, 11) is 0. The minimum absolute atomic E-state index is 0.218. The molecule has 4 nitrogen and oxygen atoms in total. The third-order valence-corrected chi connectivity index (χ3v) is 2.68. The van der Waals surface area contributed by atoms with E-state index < -0.39 is 11.9 Å². The Morgan fingerprint density at radius 3 is 2.86 bits per heavy atom. The highest BCUT2D eigenvalue weighted by Gasteiger charge is 2.00. The van der Waals surface area contributed by atoms with Gasteiger partial charge in [-0.25, -0.2) is 9.18 Å². The lowest BCUT2D eigenvalue weighted by Gasteiger charge is -2.05. The van der Waals surface area contributed by atoms with Crippen LogP contribution in [0.2, 0.25) is 0 Å². The molecule has 5 heteroatoms. The van der Waals surface area contributed by atoms with Crippen molar-refractivity contribution < 1.29 is 13.9 Å². The summed E-state index contributed by atoms with van der Waals surface area (Å²) in [6, 6.07) is 11.0. The zero-order chi connectivity index (χ0) is 14.9. The Balaban J connectivity index is 1.71. The van der Waals surface area contributed by atoms with Crippen LogP contribution in [0.15, 0.2) is 54.9 Å². The van der Waals surface area contributed by atoms with Gasteiger partial charge in [-0.15, -0.1) is 0 Å². The molecule has 0 unspecified atom stereocenters. The topological polar surface area (TPSA) is 51.2 Å². The molecule has 0 bridgehead atoms. The van der Waals surface area contributed by atoms with Crippen LogP contribution in [0.5, 0.6) is 0 Å². The molecule has 1 heterocycles. The lowest BCUT2D eigenvalue weighted by molar-refractivity contribution is 0.141. The van der Waals surface area contributed by atoms with Gasteiger partial charge in [0.1, 0.15) is 12.4 Å². The van der Waals surface area contributed by atoms with Gasteiger partial charge in [0.25, 0.3) is 0 Å². The Hall–Kier alpha value is -2.69. The lowest BCUT2D eigenvalue weighted by Crippen LogP contribution is -2.24. The van der Waals surface area contributed by atoms with Crippen molar-refractivity contribution in [2.24, 2.45) is 0 Å². The van der Waals surface area contributed by atoms with E-state index in [1.807, 2.05) is 30.3 Å². The van der Waals surface area contributed by atoms with Crippen LogP contribution in [0.3, 0.4) is 0 Å². The molecule has 0 atom stereocenters. The summed E-state index contributed by atoms with van der Waals surface area (Å²) in [6.45, 7) is 0.477. The molecule has 0 saturated heterocycles. The first kappa shape index (κ1) is 14.7. The van der Waals surface area contributed by atoms with E-state index in [1.165, 1.54) is 6.20 Å². The van der Waals surface area contributed by atoms with Crippen molar-refractivity contribution in [1.29, 1.82) is 0 Å². The number of benzene rings is 1. The summed E-state index contributed by atoms with van der Waals surface area (Å²) in [5, 5.41) is 2.56. The molecule has 21 heavy (non-hydrogen) atoms. The fourth-order valence-corrected chi connectivity index (χ4v) is 1.62. The summed E-state index contributed by atoms with van der Waals surface area (Å²) in [4.78, 5) is 15.1. The maximum atomic E-state index is 13.3. The number of rotatable bonds is 5. The van der Waals surface area contributed by atoms with Crippen molar-refractivity contribution in [2.75, 3.05) is 6.54 Å². The number of pyridine rings is 1. The zero-order valence-electron chi connectivity index (χ0n) is 11.3. The van der Waals surface area contributed by atoms with Gasteiger partial charge in [0.2, 0.25) is 0 Å². The monoisotopic (exact) mass is 286 g/mol. The average molecular weight is 286 g/mol. The summed E-state index contributed by atoms with van der Waals surface area (Å²) < 4.78 is 18.3. The number of hydrogen-bond acceptors (Lipinski definition) is 3. The Labute approximate surface area is 122 Å². The fourth-order valence-electron chi connectivity index (χ4n) is 1.62. The van der Waals surface area contributed by atoms with Gasteiger partial charge in [-0.3, -0.25) is 4.98 Å². The minimum atomic E-state index is -0.515. The van der Waals surface area contributed by atoms with Gasteiger partial charge < -0.3 is 10.1 Å². The number of ether oxygens (including phenoxy) is 1. The molecule has 0 aliphatic carbocycles. The fraction of sp³-hybridized carbons (Fsp3) is 0.125. The molecule has 0 aliphatic rings. The molecule has 1 amide bonds.